The van der Waals surface area contributed by atoms with Gasteiger partial charge in [-0.1, -0.05) is 433 Å². The Balaban J connectivity index is 5.24. The van der Waals surface area contributed by atoms with Gasteiger partial charge in [0, 0.05) is 25.7 Å². The summed E-state index contributed by atoms with van der Waals surface area (Å²) >= 11 is 0. The van der Waals surface area contributed by atoms with Gasteiger partial charge in [-0.3, -0.25) is 37.3 Å². The van der Waals surface area contributed by atoms with Crippen molar-refractivity contribution in [3.05, 3.63) is 0 Å². The van der Waals surface area contributed by atoms with Gasteiger partial charge in [-0.25, -0.2) is 9.13 Å². The molecule has 0 aliphatic heterocycles. The minimum absolute atomic E-state index is 0.107. The molecule has 2 unspecified atom stereocenters. The summed E-state index contributed by atoms with van der Waals surface area (Å²) in [5.74, 6) is -0.568. The van der Waals surface area contributed by atoms with E-state index in [0.29, 0.717) is 25.7 Å². The van der Waals surface area contributed by atoms with E-state index in [0.717, 1.165) is 102 Å². The van der Waals surface area contributed by atoms with Gasteiger partial charge in [0.05, 0.1) is 26.4 Å². The van der Waals surface area contributed by atoms with Crippen molar-refractivity contribution in [3.8, 4) is 0 Å². The van der Waals surface area contributed by atoms with Crippen LogP contribution in [0.1, 0.15) is 485 Å². The van der Waals surface area contributed by atoms with Gasteiger partial charge in [0.2, 0.25) is 0 Å². The molecule has 0 aliphatic carbocycles. The quantitative estimate of drug-likeness (QED) is 0.0222. The molecule has 0 saturated heterocycles. The fourth-order valence-corrected chi connectivity index (χ4v) is 15.7. The van der Waals surface area contributed by atoms with E-state index in [-0.39, 0.29) is 25.7 Å². The Kier molecular flexibility index (Phi) is 79.8. The summed E-state index contributed by atoms with van der Waals surface area (Å²) in [6, 6.07) is 0. The Morgan fingerprint density at radius 2 is 0.422 bits per heavy atom. The molecular formula is C90H176O17P2. The third-order valence-corrected chi connectivity index (χ3v) is 23.1. The second-order valence-electron chi connectivity index (χ2n) is 33.3. The van der Waals surface area contributed by atoms with Crippen LogP contribution in [-0.2, 0) is 65.4 Å². The van der Waals surface area contributed by atoms with E-state index in [1.807, 2.05) is 0 Å². The van der Waals surface area contributed by atoms with E-state index in [4.69, 9.17) is 37.0 Å². The first-order valence-corrected chi connectivity index (χ1v) is 49.5. The molecule has 0 fully saturated rings. The maximum Gasteiger partial charge on any atom is 0.472 e. The summed E-state index contributed by atoms with van der Waals surface area (Å²) < 4.78 is 69.0. The fourth-order valence-electron chi connectivity index (χ4n) is 14.1. The molecule has 0 radical (unpaired) electrons. The van der Waals surface area contributed by atoms with Crippen LogP contribution in [0.2, 0.25) is 0 Å². The van der Waals surface area contributed by atoms with Crippen molar-refractivity contribution >= 4 is 39.5 Å². The van der Waals surface area contributed by atoms with Gasteiger partial charge in [0.25, 0.3) is 0 Å². The molecule has 648 valence electrons. The lowest BCUT2D eigenvalue weighted by molar-refractivity contribution is -0.161. The number of hydrogen-bond acceptors (Lipinski definition) is 15. The zero-order valence-electron chi connectivity index (χ0n) is 71.9. The normalized spacial score (nSPS) is 13.8. The largest absolute Gasteiger partial charge is 0.472 e. The van der Waals surface area contributed by atoms with Crippen molar-refractivity contribution in [3.63, 3.8) is 0 Å². The molecule has 17 nitrogen and oxygen atoms in total. The number of carbonyl (C=O) groups is 4. The first-order valence-electron chi connectivity index (χ1n) is 46.5. The monoisotopic (exact) mass is 1590 g/mol. The van der Waals surface area contributed by atoms with Crippen LogP contribution in [0.15, 0.2) is 0 Å². The van der Waals surface area contributed by atoms with Gasteiger partial charge in [-0.15, -0.1) is 0 Å². The molecule has 109 heavy (non-hydrogen) atoms. The summed E-state index contributed by atoms with van der Waals surface area (Å²) in [5, 5.41) is 10.7. The maximum atomic E-state index is 13.2. The predicted molar refractivity (Wildman–Crippen MR) is 451 cm³/mol. The fraction of sp³-hybridized carbons (Fsp3) is 0.956. The molecule has 0 aromatic carbocycles. The Hall–Kier alpha value is -1.94. The first kappa shape index (κ1) is 107. The molecule has 0 amide bonds. The zero-order valence-corrected chi connectivity index (χ0v) is 73.7. The van der Waals surface area contributed by atoms with Gasteiger partial charge < -0.3 is 33.8 Å². The molecule has 3 N–H and O–H groups in total. The van der Waals surface area contributed by atoms with Crippen molar-refractivity contribution in [1.82, 2.24) is 0 Å². The Labute approximate surface area is 670 Å². The Morgan fingerprint density at radius 1 is 0.248 bits per heavy atom. The lowest BCUT2D eigenvalue weighted by Gasteiger charge is -2.21. The van der Waals surface area contributed by atoms with Crippen molar-refractivity contribution in [2.45, 2.75) is 503 Å². The highest BCUT2D eigenvalue weighted by Crippen LogP contribution is 2.45. The molecular weight excluding hydrogens is 1410 g/mol. The summed E-state index contributed by atoms with van der Waals surface area (Å²) in [7, 11) is -9.93. The highest BCUT2D eigenvalue weighted by molar-refractivity contribution is 7.47. The van der Waals surface area contributed by atoms with Crippen molar-refractivity contribution in [2.24, 2.45) is 11.8 Å². The topological polar surface area (TPSA) is 237 Å². The van der Waals surface area contributed by atoms with Crippen LogP contribution in [-0.4, -0.2) is 96.7 Å². The Bertz CT molecular complexity index is 2080. The summed E-state index contributed by atoms with van der Waals surface area (Å²) in [6.07, 6.45) is 75.1. The molecule has 19 heteroatoms. The van der Waals surface area contributed by atoms with Crippen LogP contribution in [0.3, 0.4) is 0 Å². The van der Waals surface area contributed by atoms with E-state index < -0.39 is 97.5 Å². The molecule has 0 saturated carbocycles. The number of phosphoric ester groups is 2. The lowest BCUT2D eigenvalue weighted by atomic mass is 10.0. The van der Waals surface area contributed by atoms with Crippen molar-refractivity contribution in [2.75, 3.05) is 39.6 Å². The highest BCUT2D eigenvalue weighted by atomic mass is 31.2. The van der Waals surface area contributed by atoms with Crippen LogP contribution in [0.4, 0.5) is 0 Å². The molecule has 0 rings (SSSR count). The van der Waals surface area contributed by atoms with E-state index >= 15 is 0 Å². The van der Waals surface area contributed by atoms with Crippen molar-refractivity contribution < 1.29 is 80.2 Å². The summed E-state index contributed by atoms with van der Waals surface area (Å²) in [6.45, 7) is 9.69. The van der Waals surface area contributed by atoms with Crippen LogP contribution >= 0.6 is 15.6 Å². The average Bonchev–Trinajstić information content (AvgIpc) is 0.899. The van der Waals surface area contributed by atoms with Gasteiger partial charge in [0.15, 0.2) is 12.2 Å². The SMILES string of the molecule is CCCCCCCCCCCCCCCCCCCCCCCC(=O)O[C@H](COC(=O)CCCCCCCCCCCCCCCCCCCCCC)COP(=O)(O)OC[C@@H](O)COP(=O)(O)OC[C@@H](COC(=O)CCCCCCCCCCCC(C)C)OC(=O)CCCCCCCCCCCCCCCC(C)C. The van der Waals surface area contributed by atoms with E-state index in [2.05, 4.69) is 41.5 Å². The summed E-state index contributed by atoms with van der Waals surface area (Å²) in [5.41, 5.74) is 0. The number of esters is 4. The average molecular weight is 1590 g/mol. The number of hydrogen-bond donors (Lipinski definition) is 3. The van der Waals surface area contributed by atoms with Gasteiger partial charge in [-0.2, -0.15) is 0 Å². The number of carbonyl (C=O) groups excluding carboxylic acids is 4. The second kappa shape index (κ2) is 81.2. The number of rotatable bonds is 89. The Morgan fingerprint density at radius 3 is 0.624 bits per heavy atom. The third-order valence-electron chi connectivity index (χ3n) is 21.2. The summed E-state index contributed by atoms with van der Waals surface area (Å²) in [4.78, 5) is 73.4. The van der Waals surface area contributed by atoms with Crippen LogP contribution in [0, 0.1) is 11.8 Å². The van der Waals surface area contributed by atoms with E-state index in [1.54, 1.807) is 0 Å². The zero-order chi connectivity index (χ0) is 79.9. The van der Waals surface area contributed by atoms with Crippen LogP contribution < -0.4 is 0 Å². The number of aliphatic hydroxyl groups is 1. The van der Waals surface area contributed by atoms with Gasteiger partial charge >= 0.3 is 39.5 Å². The number of unbranched alkanes of at least 4 members (excludes halogenated alkanes) is 59. The van der Waals surface area contributed by atoms with Gasteiger partial charge in [-0.05, 0) is 37.5 Å². The van der Waals surface area contributed by atoms with E-state index in [1.165, 1.54) is 302 Å². The molecule has 5 atom stereocenters. The molecule has 0 aromatic rings. The third kappa shape index (κ3) is 83.8. The van der Waals surface area contributed by atoms with Gasteiger partial charge in [0.1, 0.15) is 19.3 Å². The van der Waals surface area contributed by atoms with Crippen molar-refractivity contribution in [1.29, 1.82) is 0 Å². The van der Waals surface area contributed by atoms with E-state index in [9.17, 15) is 43.2 Å². The molecule has 0 heterocycles. The van der Waals surface area contributed by atoms with Crippen LogP contribution in [0.5, 0.6) is 0 Å². The number of phosphoric acid groups is 2. The highest BCUT2D eigenvalue weighted by Gasteiger charge is 2.31. The minimum Gasteiger partial charge on any atom is -0.462 e. The van der Waals surface area contributed by atoms with Crippen LogP contribution in [0.25, 0.3) is 0 Å². The lowest BCUT2D eigenvalue weighted by Crippen LogP contribution is -2.30. The maximum absolute atomic E-state index is 13.2. The predicted octanol–water partition coefficient (Wildman–Crippen LogP) is 27.8. The molecule has 0 spiro atoms. The molecule has 0 aromatic heterocycles. The first-order chi connectivity index (χ1) is 52.9. The smallest absolute Gasteiger partial charge is 0.462 e. The standard InChI is InChI=1S/C90H176O17P2/c1-7-9-11-13-15-17-19-21-23-25-27-29-31-33-35-39-43-49-56-62-68-74-89(94)106-85(78-100-87(92)72-66-60-54-48-42-38-34-32-30-28-26-24-22-20-18-16-14-12-10-8-2)80-104-108(96,97)102-76-84(91)77-103-109(98,99)105-81-86(79-101-88(93)73-67-61-55-51-45-47-53-59-65-71-83(5)6)107-90(95)75-69-63-57-50-44-40-36-37-41-46-52-58-64-70-82(3)4/h82-86,91H,7-81H2,1-6H3,(H,96,97)(H,98,99)/t84-,85-,86-/m1/s1. The molecule has 0 bridgehead atoms. The molecule has 0 aliphatic rings. The second-order valence-corrected chi connectivity index (χ2v) is 36.2. The number of ether oxygens (including phenoxy) is 4. The minimum atomic E-state index is -4.97. The number of aliphatic hydroxyl groups excluding tert-OH is 1.